The van der Waals surface area contributed by atoms with Crippen LogP contribution in [0.15, 0.2) is 59.5 Å². The zero-order valence-corrected chi connectivity index (χ0v) is 21.3. The highest BCUT2D eigenvalue weighted by Gasteiger charge is 2.53. The number of hydrogen-bond donors (Lipinski definition) is 0. The molecule has 0 amide bonds. The number of carbonyl (C=O) groups is 3. The number of sulfonamides is 1. The first-order valence-corrected chi connectivity index (χ1v) is 12.7. The average Bonchev–Trinajstić information content (AvgIpc) is 2.82. The Balaban J connectivity index is 2.11. The van der Waals surface area contributed by atoms with E-state index in [4.69, 9.17) is 18.9 Å². The molecule has 0 aromatic heterocycles. The van der Waals surface area contributed by atoms with Crippen LogP contribution in [0.2, 0.25) is 0 Å². The molecule has 0 unspecified atom stereocenters. The average molecular weight is 520 g/mol. The van der Waals surface area contributed by atoms with Gasteiger partial charge >= 0.3 is 17.9 Å². The van der Waals surface area contributed by atoms with Gasteiger partial charge in [-0.2, -0.15) is 4.31 Å². The number of rotatable bonds is 8. The van der Waals surface area contributed by atoms with E-state index in [0.717, 1.165) is 23.7 Å². The maximum absolute atomic E-state index is 13.7. The van der Waals surface area contributed by atoms with Crippen LogP contribution < -0.4 is 0 Å². The molecule has 3 rings (SSSR count). The van der Waals surface area contributed by atoms with Gasteiger partial charge < -0.3 is 18.9 Å². The molecule has 1 aliphatic heterocycles. The SMILES string of the molecule is COC[C@@H]1[C@@H](OC(=O)c2ccccc2)[C@H](OC(C)=O)[C@H](OC(C)=O)CN1S(=O)(=O)c1ccc(C)cc1. The zero-order chi connectivity index (χ0) is 26.5. The Kier molecular flexibility index (Phi) is 8.83. The van der Waals surface area contributed by atoms with Crippen molar-refractivity contribution in [2.24, 2.45) is 0 Å². The van der Waals surface area contributed by atoms with Crippen molar-refractivity contribution < 1.29 is 41.7 Å². The van der Waals surface area contributed by atoms with Crippen LogP contribution in [0.4, 0.5) is 0 Å². The number of benzene rings is 2. The summed E-state index contributed by atoms with van der Waals surface area (Å²) in [7, 11) is -2.81. The lowest BCUT2D eigenvalue weighted by Gasteiger charge is -2.46. The second-order valence-corrected chi connectivity index (χ2v) is 10.3. The van der Waals surface area contributed by atoms with Crippen LogP contribution in [-0.2, 0) is 38.6 Å². The van der Waals surface area contributed by atoms with Crippen LogP contribution in [-0.4, -0.2) is 75.2 Å². The van der Waals surface area contributed by atoms with Crippen LogP contribution in [0.3, 0.4) is 0 Å². The summed E-state index contributed by atoms with van der Waals surface area (Å²) in [4.78, 5) is 36.9. The smallest absolute Gasteiger partial charge is 0.338 e. The van der Waals surface area contributed by atoms with Gasteiger partial charge in [-0.05, 0) is 31.2 Å². The maximum atomic E-state index is 13.7. The number of methoxy groups -OCH3 is 1. The zero-order valence-electron chi connectivity index (χ0n) is 20.4. The summed E-state index contributed by atoms with van der Waals surface area (Å²) < 4.78 is 50.4. The normalized spacial score (nSPS) is 22.4. The van der Waals surface area contributed by atoms with Gasteiger partial charge in [-0.3, -0.25) is 9.59 Å². The summed E-state index contributed by atoms with van der Waals surface area (Å²) in [5.41, 5.74) is 1.07. The summed E-state index contributed by atoms with van der Waals surface area (Å²) in [6.45, 7) is 3.59. The van der Waals surface area contributed by atoms with Gasteiger partial charge in [-0.1, -0.05) is 35.9 Å². The first kappa shape index (κ1) is 27.3. The van der Waals surface area contributed by atoms with Crippen molar-refractivity contribution in [1.82, 2.24) is 4.31 Å². The van der Waals surface area contributed by atoms with Gasteiger partial charge in [0.2, 0.25) is 10.0 Å². The highest BCUT2D eigenvalue weighted by atomic mass is 32.2. The number of piperidine rings is 1. The Labute approximate surface area is 210 Å². The molecular formula is C25H29NO9S. The molecule has 0 N–H and O–H groups in total. The van der Waals surface area contributed by atoms with Crippen LogP contribution >= 0.6 is 0 Å². The Hall–Kier alpha value is -3.28. The first-order valence-electron chi connectivity index (χ1n) is 11.2. The van der Waals surface area contributed by atoms with Gasteiger partial charge in [0.15, 0.2) is 18.3 Å². The minimum absolute atomic E-state index is 0.00477. The van der Waals surface area contributed by atoms with Crippen molar-refractivity contribution in [2.75, 3.05) is 20.3 Å². The number of esters is 3. The van der Waals surface area contributed by atoms with Crippen molar-refractivity contribution >= 4 is 27.9 Å². The van der Waals surface area contributed by atoms with Gasteiger partial charge in [0, 0.05) is 21.0 Å². The van der Waals surface area contributed by atoms with Crippen molar-refractivity contribution in [2.45, 2.75) is 50.0 Å². The van der Waals surface area contributed by atoms with Crippen LogP contribution in [0.25, 0.3) is 0 Å². The molecule has 11 heteroatoms. The summed E-state index contributed by atoms with van der Waals surface area (Å²) in [6, 6.07) is 13.2. The number of ether oxygens (including phenoxy) is 4. The predicted octanol–water partition coefficient (Wildman–Crippen LogP) is 2.10. The molecule has 4 atom stereocenters. The molecule has 194 valence electrons. The van der Waals surface area contributed by atoms with Crippen LogP contribution in [0.5, 0.6) is 0 Å². The Morgan fingerprint density at radius 1 is 0.889 bits per heavy atom. The van der Waals surface area contributed by atoms with Gasteiger partial charge in [0.1, 0.15) is 0 Å². The van der Waals surface area contributed by atoms with Crippen molar-refractivity contribution in [1.29, 1.82) is 0 Å². The molecule has 10 nitrogen and oxygen atoms in total. The molecule has 2 aromatic carbocycles. The minimum atomic E-state index is -4.17. The molecule has 0 radical (unpaired) electrons. The molecule has 0 aliphatic carbocycles. The third kappa shape index (κ3) is 6.28. The van der Waals surface area contributed by atoms with Crippen molar-refractivity contribution in [3.63, 3.8) is 0 Å². The van der Waals surface area contributed by atoms with E-state index in [1.165, 1.54) is 31.4 Å². The maximum Gasteiger partial charge on any atom is 0.338 e. The first-order chi connectivity index (χ1) is 17.0. The largest absolute Gasteiger partial charge is 0.457 e. The highest BCUT2D eigenvalue weighted by molar-refractivity contribution is 7.89. The molecule has 1 heterocycles. The quantitative estimate of drug-likeness (QED) is 0.381. The molecule has 0 spiro atoms. The van der Waals surface area contributed by atoms with Gasteiger partial charge in [0.05, 0.1) is 29.7 Å². The van der Waals surface area contributed by atoms with E-state index in [1.54, 1.807) is 30.3 Å². The highest BCUT2D eigenvalue weighted by Crippen LogP contribution is 2.32. The van der Waals surface area contributed by atoms with E-state index in [0.29, 0.717) is 0 Å². The van der Waals surface area contributed by atoms with Gasteiger partial charge in [-0.25, -0.2) is 13.2 Å². The topological polar surface area (TPSA) is 126 Å². The molecular weight excluding hydrogens is 490 g/mol. The fourth-order valence-electron chi connectivity index (χ4n) is 4.05. The summed E-state index contributed by atoms with van der Waals surface area (Å²) >= 11 is 0. The number of carbonyl (C=O) groups excluding carboxylic acids is 3. The van der Waals surface area contributed by atoms with E-state index in [2.05, 4.69) is 0 Å². The molecule has 36 heavy (non-hydrogen) atoms. The van der Waals surface area contributed by atoms with Crippen LogP contribution in [0, 0.1) is 6.92 Å². The lowest BCUT2D eigenvalue weighted by molar-refractivity contribution is -0.190. The third-order valence-electron chi connectivity index (χ3n) is 5.64. The summed E-state index contributed by atoms with van der Waals surface area (Å²) in [5.74, 6) is -2.21. The number of aryl methyl sites for hydroxylation is 1. The minimum Gasteiger partial charge on any atom is -0.457 e. The lowest BCUT2D eigenvalue weighted by Crippen LogP contribution is -2.66. The molecule has 1 fully saturated rings. The fraction of sp³-hybridized carbons (Fsp3) is 0.400. The lowest BCUT2D eigenvalue weighted by atomic mass is 9.95. The third-order valence-corrected chi connectivity index (χ3v) is 7.54. The van der Waals surface area contributed by atoms with E-state index >= 15 is 0 Å². The molecule has 0 saturated carbocycles. The molecule has 1 aliphatic rings. The standard InChI is InChI=1S/C25H29NO9S/c1-16-10-12-20(13-11-16)36(30,31)26-14-22(33-17(2)27)24(34-18(3)28)23(21(26)15-32-4)35-25(29)19-8-6-5-7-9-19/h5-13,21-24H,14-15H2,1-4H3/t21-,22-,23-,24-/m1/s1. The van der Waals surface area contributed by atoms with E-state index in [9.17, 15) is 22.8 Å². The van der Waals surface area contributed by atoms with Gasteiger partial charge in [-0.15, -0.1) is 0 Å². The Bertz CT molecular complexity index is 1180. The monoisotopic (exact) mass is 519 g/mol. The van der Waals surface area contributed by atoms with Crippen molar-refractivity contribution in [3.05, 3.63) is 65.7 Å². The van der Waals surface area contributed by atoms with Crippen molar-refractivity contribution in [3.8, 4) is 0 Å². The Morgan fingerprint density at radius 2 is 1.50 bits per heavy atom. The van der Waals surface area contributed by atoms with Crippen LogP contribution in [0.1, 0.15) is 29.8 Å². The number of nitrogens with zero attached hydrogens (tertiary/aromatic N) is 1. The predicted molar refractivity (Wildman–Crippen MR) is 127 cm³/mol. The number of hydrogen-bond acceptors (Lipinski definition) is 9. The fourth-order valence-corrected chi connectivity index (χ4v) is 5.68. The molecule has 0 bridgehead atoms. The second-order valence-electron chi connectivity index (χ2n) is 8.37. The summed E-state index contributed by atoms with van der Waals surface area (Å²) in [6.07, 6.45) is -3.86. The van der Waals surface area contributed by atoms with E-state index < -0.39 is 52.3 Å². The van der Waals surface area contributed by atoms with Gasteiger partial charge in [0.25, 0.3) is 0 Å². The Morgan fingerprint density at radius 3 is 2.06 bits per heavy atom. The van der Waals surface area contributed by atoms with E-state index in [-0.39, 0.29) is 23.6 Å². The molecule has 2 aromatic rings. The molecule has 1 saturated heterocycles. The van der Waals surface area contributed by atoms with E-state index in [1.807, 2.05) is 6.92 Å². The summed E-state index contributed by atoms with van der Waals surface area (Å²) in [5, 5.41) is 0. The second kappa shape index (κ2) is 11.6.